The zero-order chi connectivity index (χ0) is 16.4. The third kappa shape index (κ3) is 4.46. The molecule has 22 heavy (non-hydrogen) atoms. The molecule has 0 radical (unpaired) electrons. The van der Waals surface area contributed by atoms with Crippen LogP contribution in [0.3, 0.4) is 0 Å². The van der Waals surface area contributed by atoms with Gasteiger partial charge in [0.25, 0.3) is 0 Å². The van der Waals surface area contributed by atoms with Crippen LogP contribution in [-0.4, -0.2) is 26.3 Å². The first-order valence-electron chi connectivity index (χ1n) is 6.86. The highest BCUT2D eigenvalue weighted by Gasteiger charge is 2.46. The molecule has 0 spiro atoms. The molecule has 0 bridgehead atoms. The van der Waals surface area contributed by atoms with Crippen LogP contribution in [0.1, 0.15) is 30.9 Å². The standard InChI is InChI=1S/C15H17ClN2O3S/c1-22(20,21)10-15(6-7-15)8-14(19)18-13(9-17)11-4-2-3-5-12(11)16/h2-5,13H,6-8,10H2,1H3,(H,18,19)/t13-/m1/s1. The Balaban J connectivity index is 2.03. The molecule has 1 aliphatic carbocycles. The summed E-state index contributed by atoms with van der Waals surface area (Å²) in [5.41, 5.74) is 0.0750. The molecular weight excluding hydrogens is 324 g/mol. The minimum Gasteiger partial charge on any atom is -0.337 e. The second kappa shape index (κ2) is 6.27. The molecule has 0 saturated heterocycles. The molecule has 1 amide bonds. The summed E-state index contributed by atoms with van der Waals surface area (Å²) in [6.07, 6.45) is 2.73. The van der Waals surface area contributed by atoms with Crippen LogP contribution in [0.5, 0.6) is 0 Å². The number of carbonyl (C=O) groups excluding carboxylic acids is 1. The average Bonchev–Trinajstić information content (AvgIpc) is 3.13. The van der Waals surface area contributed by atoms with E-state index in [-0.39, 0.29) is 18.1 Å². The maximum atomic E-state index is 12.1. The van der Waals surface area contributed by atoms with Gasteiger partial charge in [-0.1, -0.05) is 29.8 Å². The van der Waals surface area contributed by atoms with Crippen LogP contribution in [0.4, 0.5) is 0 Å². The van der Waals surface area contributed by atoms with Crippen molar-refractivity contribution in [2.24, 2.45) is 5.41 Å². The lowest BCUT2D eigenvalue weighted by Crippen LogP contribution is -2.31. The van der Waals surface area contributed by atoms with Crippen molar-refractivity contribution in [2.75, 3.05) is 12.0 Å². The average molecular weight is 341 g/mol. The number of halogens is 1. The Morgan fingerprint density at radius 2 is 2.09 bits per heavy atom. The maximum absolute atomic E-state index is 12.1. The first-order chi connectivity index (χ1) is 10.2. The number of nitrogens with zero attached hydrogens (tertiary/aromatic N) is 1. The number of rotatable bonds is 6. The number of hydrogen-bond donors (Lipinski definition) is 1. The van der Waals surface area contributed by atoms with Crippen molar-refractivity contribution in [1.82, 2.24) is 5.32 Å². The summed E-state index contributed by atoms with van der Waals surface area (Å²) in [5.74, 6) is -0.316. The zero-order valence-electron chi connectivity index (χ0n) is 12.2. The fourth-order valence-electron chi connectivity index (χ4n) is 2.55. The molecule has 2 rings (SSSR count). The molecule has 7 heteroatoms. The van der Waals surface area contributed by atoms with E-state index in [1.165, 1.54) is 6.26 Å². The van der Waals surface area contributed by atoms with Gasteiger partial charge in [-0.05, 0) is 24.3 Å². The second-order valence-corrected chi connectivity index (χ2v) is 8.45. The van der Waals surface area contributed by atoms with E-state index in [0.29, 0.717) is 10.6 Å². The minimum atomic E-state index is -3.12. The molecule has 1 aromatic rings. The van der Waals surface area contributed by atoms with Gasteiger partial charge in [-0.2, -0.15) is 5.26 Å². The van der Waals surface area contributed by atoms with Crippen LogP contribution in [0.2, 0.25) is 5.02 Å². The first kappa shape index (κ1) is 16.8. The summed E-state index contributed by atoms with van der Waals surface area (Å²) in [6, 6.07) is 7.99. The number of nitrogens with one attached hydrogen (secondary N) is 1. The predicted octanol–water partition coefficient (Wildman–Crippen LogP) is 2.24. The van der Waals surface area contributed by atoms with Gasteiger partial charge in [-0.15, -0.1) is 0 Å². The second-order valence-electron chi connectivity index (χ2n) is 5.90. The van der Waals surface area contributed by atoms with Crippen LogP contribution < -0.4 is 5.32 Å². The van der Waals surface area contributed by atoms with E-state index >= 15 is 0 Å². The highest BCUT2D eigenvalue weighted by Crippen LogP contribution is 2.49. The van der Waals surface area contributed by atoms with Gasteiger partial charge < -0.3 is 5.32 Å². The van der Waals surface area contributed by atoms with Gasteiger partial charge in [0, 0.05) is 23.3 Å². The van der Waals surface area contributed by atoms with Gasteiger partial charge in [-0.3, -0.25) is 4.79 Å². The number of sulfone groups is 1. The summed E-state index contributed by atoms with van der Waals surface area (Å²) in [4.78, 5) is 12.1. The van der Waals surface area contributed by atoms with E-state index in [2.05, 4.69) is 5.32 Å². The monoisotopic (exact) mass is 340 g/mol. The lowest BCUT2D eigenvalue weighted by Gasteiger charge is -2.17. The highest BCUT2D eigenvalue weighted by atomic mass is 35.5. The summed E-state index contributed by atoms with van der Waals surface area (Å²) in [5, 5.41) is 12.3. The van der Waals surface area contributed by atoms with E-state index in [1.807, 2.05) is 6.07 Å². The van der Waals surface area contributed by atoms with Crippen molar-refractivity contribution in [1.29, 1.82) is 5.26 Å². The van der Waals surface area contributed by atoms with E-state index in [9.17, 15) is 18.5 Å². The molecule has 0 heterocycles. The molecule has 0 unspecified atom stereocenters. The van der Waals surface area contributed by atoms with Crippen LogP contribution in [0.25, 0.3) is 0 Å². The summed E-state index contributed by atoms with van der Waals surface area (Å²) < 4.78 is 22.8. The molecule has 1 aromatic carbocycles. The lowest BCUT2D eigenvalue weighted by molar-refractivity contribution is -0.122. The van der Waals surface area contributed by atoms with Crippen LogP contribution >= 0.6 is 11.6 Å². The molecule has 5 nitrogen and oxygen atoms in total. The van der Waals surface area contributed by atoms with Gasteiger partial charge in [0.05, 0.1) is 11.8 Å². The highest BCUT2D eigenvalue weighted by molar-refractivity contribution is 7.90. The number of carbonyl (C=O) groups is 1. The molecule has 0 aromatic heterocycles. The van der Waals surface area contributed by atoms with Gasteiger partial charge in [0.15, 0.2) is 0 Å². The van der Waals surface area contributed by atoms with Crippen molar-refractivity contribution in [3.63, 3.8) is 0 Å². The van der Waals surface area contributed by atoms with E-state index in [0.717, 1.165) is 12.8 Å². The van der Waals surface area contributed by atoms with Crippen LogP contribution in [-0.2, 0) is 14.6 Å². The van der Waals surface area contributed by atoms with E-state index in [4.69, 9.17) is 11.6 Å². The van der Waals surface area contributed by atoms with Crippen LogP contribution in [0.15, 0.2) is 24.3 Å². The van der Waals surface area contributed by atoms with Gasteiger partial charge in [0.2, 0.25) is 5.91 Å². The Morgan fingerprint density at radius 3 is 2.59 bits per heavy atom. The smallest absolute Gasteiger partial charge is 0.221 e. The van der Waals surface area contributed by atoms with E-state index in [1.54, 1.807) is 24.3 Å². The maximum Gasteiger partial charge on any atom is 0.221 e. The lowest BCUT2D eigenvalue weighted by atomic mass is 10.0. The number of nitriles is 1. The predicted molar refractivity (Wildman–Crippen MR) is 83.9 cm³/mol. The molecule has 1 fully saturated rings. The number of amides is 1. The third-order valence-corrected chi connectivity index (χ3v) is 5.19. The Bertz CT molecular complexity index is 721. The fourth-order valence-corrected chi connectivity index (χ4v) is 4.29. The van der Waals surface area contributed by atoms with E-state index < -0.39 is 21.3 Å². The molecule has 1 aliphatic rings. The van der Waals surface area contributed by atoms with Crippen molar-refractivity contribution in [3.05, 3.63) is 34.9 Å². The molecule has 118 valence electrons. The first-order valence-corrected chi connectivity index (χ1v) is 9.30. The van der Waals surface area contributed by atoms with Crippen molar-refractivity contribution in [2.45, 2.75) is 25.3 Å². The van der Waals surface area contributed by atoms with Gasteiger partial charge >= 0.3 is 0 Å². The fraction of sp³-hybridized carbons (Fsp3) is 0.467. The molecular formula is C15H17ClN2O3S. The topological polar surface area (TPSA) is 87.0 Å². The summed E-state index contributed by atoms with van der Waals surface area (Å²) in [7, 11) is -3.12. The minimum absolute atomic E-state index is 0.0106. The molecule has 1 atom stereocenters. The number of hydrogen-bond acceptors (Lipinski definition) is 4. The Hall–Kier alpha value is -1.58. The number of benzene rings is 1. The summed E-state index contributed by atoms with van der Waals surface area (Å²) in [6.45, 7) is 0. The largest absolute Gasteiger partial charge is 0.337 e. The Kier molecular flexibility index (Phi) is 4.78. The van der Waals surface area contributed by atoms with Gasteiger partial charge in [0.1, 0.15) is 15.9 Å². The molecule has 1 N–H and O–H groups in total. The quantitative estimate of drug-likeness (QED) is 0.860. The SMILES string of the molecule is CS(=O)(=O)CC1(CC(=O)N[C@H](C#N)c2ccccc2Cl)CC1. The Morgan fingerprint density at radius 1 is 1.45 bits per heavy atom. The summed E-state index contributed by atoms with van der Waals surface area (Å²) >= 11 is 6.03. The normalized spacial score (nSPS) is 17.3. The van der Waals surface area contributed by atoms with Crippen molar-refractivity contribution >= 4 is 27.3 Å². The Labute approximate surface area is 135 Å². The van der Waals surface area contributed by atoms with Crippen molar-refractivity contribution < 1.29 is 13.2 Å². The molecule has 1 saturated carbocycles. The van der Waals surface area contributed by atoms with Gasteiger partial charge in [-0.25, -0.2) is 8.42 Å². The zero-order valence-corrected chi connectivity index (χ0v) is 13.7. The third-order valence-electron chi connectivity index (χ3n) is 3.71. The van der Waals surface area contributed by atoms with Crippen molar-refractivity contribution in [3.8, 4) is 6.07 Å². The molecule has 0 aliphatic heterocycles. The van der Waals surface area contributed by atoms with Crippen LogP contribution in [0, 0.1) is 16.7 Å².